The smallest absolute Gasteiger partial charge is 0.276 e. The zero-order valence-electron chi connectivity index (χ0n) is 17.1. The molecule has 1 fully saturated rings. The van der Waals surface area contributed by atoms with Gasteiger partial charge in [0, 0.05) is 18.7 Å². The van der Waals surface area contributed by atoms with Gasteiger partial charge in [-0.15, -0.1) is 0 Å². The summed E-state index contributed by atoms with van der Waals surface area (Å²) in [5, 5.41) is 3.87. The molecule has 2 aromatic carbocycles. The Hall–Kier alpha value is -3.22. The Morgan fingerprint density at radius 3 is 2.65 bits per heavy atom. The number of hydrogen-bond donors (Lipinski definition) is 0. The van der Waals surface area contributed by atoms with Crippen LogP contribution in [0.25, 0.3) is 0 Å². The van der Waals surface area contributed by atoms with Crippen molar-refractivity contribution in [3.63, 3.8) is 0 Å². The van der Waals surface area contributed by atoms with Gasteiger partial charge >= 0.3 is 0 Å². The summed E-state index contributed by atoms with van der Waals surface area (Å²) in [6.07, 6.45) is 4.79. The first-order valence-corrected chi connectivity index (χ1v) is 10.5. The van der Waals surface area contributed by atoms with E-state index in [4.69, 9.17) is 9.26 Å². The van der Waals surface area contributed by atoms with Crippen molar-refractivity contribution >= 4 is 5.91 Å². The second kappa shape index (κ2) is 9.73. The Labute approximate surface area is 179 Å². The topological polar surface area (TPSA) is 55.6 Å². The van der Waals surface area contributed by atoms with E-state index < -0.39 is 17.4 Å². The number of aromatic nitrogens is 1. The summed E-state index contributed by atoms with van der Waals surface area (Å²) in [4.78, 5) is 14.9. The van der Waals surface area contributed by atoms with E-state index in [2.05, 4.69) is 17.3 Å². The Balaban J connectivity index is 1.39. The molecule has 3 aromatic rings. The first-order valence-electron chi connectivity index (χ1n) is 10.5. The monoisotopic (exact) mass is 426 g/mol. The number of ether oxygens (including phenoxy) is 1. The number of nitrogens with zero attached hydrogens (tertiary/aromatic N) is 2. The van der Waals surface area contributed by atoms with E-state index >= 15 is 0 Å². The lowest BCUT2D eigenvalue weighted by Crippen LogP contribution is -2.44. The zero-order chi connectivity index (χ0) is 21.6. The minimum Gasteiger partial charge on any atom is -0.479 e. The number of hydrogen-bond acceptors (Lipinski definition) is 4. The Morgan fingerprint density at radius 2 is 1.87 bits per heavy atom. The molecule has 5 nitrogen and oxygen atoms in total. The third-order valence-corrected chi connectivity index (χ3v) is 5.55. The van der Waals surface area contributed by atoms with Crippen molar-refractivity contribution in [2.45, 2.75) is 44.8 Å². The van der Waals surface area contributed by atoms with Crippen LogP contribution in [0, 0.1) is 11.6 Å². The van der Waals surface area contributed by atoms with Crippen LogP contribution in [0.5, 0.6) is 5.75 Å². The maximum absolute atomic E-state index is 13.7. The summed E-state index contributed by atoms with van der Waals surface area (Å²) in [7, 11) is 0. The maximum atomic E-state index is 13.7. The van der Waals surface area contributed by atoms with Gasteiger partial charge in [-0.25, -0.2) is 8.78 Å². The van der Waals surface area contributed by atoms with Gasteiger partial charge in [0.25, 0.3) is 5.91 Å². The largest absolute Gasteiger partial charge is 0.479 e. The van der Waals surface area contributed by atoms with Gasteiger partial charge in [0.2, 0.25) is 0 Å². The first kappa shape index (κ1) is 21.0. The molecule has 162 valence electrons. The standard InChI is InChI=1S/C24H24F2N2O3/c25-20-10-6-11-21(26)23(20)30-16-19-15-22(27-31-19)24(29)28-14-5-4-9-18(28)13-12-17-7-2-1-3-8-17/h1-3,6-8,10-11,15,18H,4-5,9,12-14,16H2/t18-/m0/s1. The Kier molecular flexibility index (Phi) is 6.60. The maximum Gasteiger partial charge on any atom is 0.276 e. The summed E-state index contributed by atoms with van der Waals surface area (Å²) in [6.45, 7) is 0.451. The van der Waals surface area contributed by atoms with Gasteiger partial charge in [0.05, 0.1) is 0 Å². The highest BCUT2D eigenvalue weighted by Gasteiger charge is 2.29. The van der Waals surface area contributed by atoms with Crippen LogP contribution in [-0.4, -0.2) is 28.6 Å². The number of halogens is 2. The van der Waals surface area contributed by atoms with E-state index in [1.165, 1.54) is 17.7 Å². The quantitative estimate of drug-likeness (QED) is 0.524. The van der Waals surface area contributed by atoms with Crippen molar-refractivity contribution < 1.29 is 22.8 Å². The van der Waals surface area contributed by atoms with Gasteiger partial charge in [-0.3, -0.25) is 4.79 Å². The van der Waals surface area contributed by atoms with Crippen molar-refractivity contribution in [2.75, 3.05) is 6.54 Å². The fourth-order valence-corrected chi connectivity index (χ4v) is 3.94. The molecule has 0 bridgehead atoms. The average Bonchev–Trinajstić information content (AvgIpc) is 3.27. The van der Waals surface area contributed by atoms with E-state index in [1.54, 1.807) is 0 Å². The molecule has 1 aliphatic rings. The van der Waals surface area contributed by atoms with E-state index in [0.717, 1.165) is 44.2 Å². The number of para-hydroxylation sites is 1. The molecule has 1 amide bonds. The number of rotatable bonds is 7. The normalized spacial score (nSPS) is 16.3. The van der Waals surface area contributed by atoms with E-state index in [1.807, 2.05) is 23.1 Å². The minimum absolute atomic E-state index is 0.144. The number of likely N-dealkylation sites (tertiary alicyclic amines) is 1. The van der Waals surface area contributed by atoms with Crippen molar-refractivity contribution in [2.24, 2.45) is 0 Å². The van der Waals surface area contributed by atoms with E-state index in [9.17, 15) is 13.6 Å². The Bertz CT molecular complexity index is 1000. The summed E-state index contributed by atoms with van der Waals surface area (Å²) in [6, 6.07) is 15.3. The molecule has 0 radical (unpaired) electrons. The lowest BCUT2D eigenvalue weighted by Gasteiger charge is -2.35. The highest BCUT2D eigenvalue weighted by atomic mass is 19.1. The number of piperidine rings is 1. The van der Waals surface area contributed by atoms with Gasteiger partial charge in [-0.1, -0.05) is 41.6 Å². The van der Waals surface area contributed by atoms with Crippen LogP contribution in [0.3, 0.4) is 0 Å². The fraction of sp³-hybridized carbons (Fsp3) is 0.333. The molecule has 0 aliphatic carbocycles. The molecule has 2 heterocycles. The van der Waals surface area contributed by atoms with Crippen molar-refractivity contribution in [3.05, 3.63) is 83.2 Å². The average molecular weight is 426 g/mol. The molecule has 7 heteroatoms. The third kappa shape index (κ3) is 5.10. The predicted octanol–water partition coefficient (Wildman–Crippen LogP) is 5.16. The summed E-state index contributed by atoms with van der Waals surface area (Å²) in [5.41, 5.74) is 1.43. The number of carbonyl (C=O) groups is 1. The number of aryl methyl sites for hydroxylation is 1. The number of carbonyl (C=O) groups excluding carboxylic acids is 1. The lowest BCUT2D eigenvalue weighted by molar-refractivity contribution is 0.0591. The highest BCUT2D eigenvalue weighted by molar-refractivity contribution is 5.92. The molecular formula is C24H24F2N2O3. The molecular weight excluding hydrogens is 402 g/mol. The highest BCUT2D eigenvalue weighted by Crippen LogP contribution is 2.25. The van der Waals surface area contributed by atoms with Gasteiger partial charge in [0.15, 0.2) is 28.8 Å². The third-order valence-electron chi connectivity index (χ3n) is 5.55. The predicted molar refractivity (Wildman–Crippen MR) is 111 cm³/mol. The second-order valence-electron chi connectivity index (χ2n) is 7.69. The fourth-order valence-electron chi connectivity index (χ4n) is 3.94. The molecule has 1 saturated heterocycles. The van der Waals surface area contributed by atoms with Crippen molar-refractivity contribution in [3.8, 4) is 5.75 Å². The van der Waals surface area contributed by atoms with Crippen LogP contribution in [0.15, 0.2) is 59.1 Å². The van der Waals surface area contributed by atoms with Crippen LogP contribution >= 0.6 is 0 Å². The van der Waals surface area contributed by atoms with Crippen LogP contribution in [-0.2, 0) is 13.0 Å². The van der Waals surface area contributed by atoms with Gasteiger partial charge < -0.3 is 14.2 Å². The molecule has 0 saturated carbocycles. The molecule has 4 rings (SSSR count). The van der Waals surface area contributed by atoms with Gasteiger partial charge in [-0.2, -0.15) is 0 Å². The molecule has 0 spiro atoms. The van der Waals surface area contributed by atoms with Crippen molar-refractivity contribution in [1.82, 2.24) is 10.1 Å². The van der Waals surface area contributed by atoms with Crippen LogP contribution in [0.1, 0.15) is 47.5 Å². The zero-order valence-corrected chi connectivity index (χ0v) is 17.1. The number of benzene rings is 2. The van der Waals surface area contributed by atoms with Crippen LogP contribution < -0.4 is 4.74 Å². The molecule has 1 atom stereocenters. The first-order chi connectivity index (χ1) is 15.1. The summed E-state index contributed by atoms with van der Waals surface area (Å²) < 4.78 is 37.8. The minimum atomic E-state index is -0.801. The summed E-state index contributed by atoms with van der Waals surface area (Å²) >= 11 is 0. The summed E-state index contributed by atoms with van der Waals surface area (Å²) in [5.74, 6) is -2.05. The molecule has 1 aliphatic heterocycles. The second-order valence-corrected chi connectivity index (χ2v) is 7.69. The van der Waals surface area contributed by atoms with Gasteiger partial charge in [0.1, 0.15) is 6.61 Å². The molecule has 1 aromatic heterocycles. The molecule has 0 unspecified atom stereocenters. The molecule has 0 N–H and O–H groups in total. The SMILES string of the molecule is O=C(c1cc(COc2c(F)cccc2F)on1)N1CCCC[C@H]1CCc1ccccc1. The Morgan fingerprint density at radius 1 is 1.10 bits per heavy atom. The van der Waals surface area contributed by atoms with Crippen LogP contribution in [0.2, 0.25) is 0 Å². The van der Waals surface area contributed by atoms with E-state index in [-0.39, 0.29) is 30.0 Å². The van der Waals surface area contributed by atoms with Crippen molar-refractivity contribution in [1.29, 1.82) is 0 Å². The number of amides is 1. The van der Waals surface area contributed by atoms with Crippen LogP contribution in [0.4, 0.5) is 8.78 Å². The van der Waals surface area contributed by atoms with E-state index in [0.29, 0.717) is 6.54 Å². The molecule has 31 heavy (non-hydrogen) atoms. The lowest BCUT2D eigenvalue weighted by atomic mass is 9.95. The van der Waals surface area contributed by atoms with Gasteiger partial charge in [-0.05, 0) is 49.8 Å².